The van der Waals surface area contributed by atoms with Crippen LogP contribution in [-0.2, 0) is 14.3 Å². The number of hydrogen-bond acceptors (Lipinski definition) is 3. The molecule has 1 aliphatic rings. The third-order valence-corrected chi connectivity index (χ3v) is 2.42. The molecule has 0 heterocycles. The first kappa shape index (κ1) is 11.0. The van der Waals surface area contributed by atoms with Gasteiger partial charge in [0.25, 0.3) is 0 Å². The standard InChI is InChI=1S/C9H15NO4/c1-14-5-4-10-8(13)9(2-3-9)6-7(11)12/h2-6H2,1H3,(H,10,13)(H,11,12). The molecule has 0 bridgehead atoms. The second kappa shape index (κ2) is 4.41. The van der Waals surface area contributed by atoms with Gasteiger partial charge in [0.15, 0.2) is 0 Å². The lowest BCUT2D eigenvalue weighted by molar-refractivity contribution is -0.142. The third kappa shape index (κ3) is 2.70. The number of ether oxygens (including phenoxy) is 1. The Morgan fingerprint density at radius 3 is 2.57 bits per heavy atom. The molecule has 2 N–H and O–H groups in total. The number of methoxy groups -OCH3 is 1. The van der Waals surface area contributed by atoms with Crippen molar-refractivity contribution in [1.29, 1.82) is 0 Å². The highest BCUT2D eigenvalue weighted by Crippen LogP contribution is 2.48. The molecule has 0 aromatic carbocycles. The van der Waals surface area contributed by atoms with Crippen molar-refractivity contribution in [2.45, 2.75) is 19.3 Å². The molecule has 0 saturated heterocycles. The average molecular weight is 201 g/mol. The van der Waals surface area contributed by atoms with E-state index in [1.165, 1.54) is 0 Å². The van der Waals surface area contributed by atoms with Crippen LogP contribution in [0.3, 0.4) is 0 Å². The van der Waals surface area contributed by atoms with E-state index >= 15 is 0 Å². The van der Waals surface area contributed by atoms with E-state index in [-0.39, 0.29) is 12.3 Å². The van der Waals surface area contributed by atoms with Gasteiger partial charge in [0.2, 0.25) is 5.91 Å². The minimum atomic E-state index is -0.913. The Labute approximate surface area is 82.4 Å². The minimum Gasteiger partial charge on any atom is -0.481 e. The molecule has 0 aliphatic heterocycles. The zero-order valence-electron chi connectivity index (χ0n) is 8.21. The summed E-state index contributed by atoms with van der Waals surface area (Å²) in [5.74, 6) is -1.07. The summed E-state index contributed by atoms with van der Waals surface area (Å²) in [5.41, 5.74) is -0.625. The zero-order chi connectivity index (χ0) is 10.6. The lowest BCUT2D eigenvalue weighted by atomic mass is 10.0. The predicted octanol–water partition coefficient (Wildman–Crippen LogP) is 0.00390. The highest BCUT2D eigenvalue weighted by Gasteiger charge is 2.51. The number of rotatable bonds is 6. The van der Waals surface area contributed by atoms with Crippen LogP contribution in [0.15, 0.2) is 0 Å². The second-order valence-corrected chi connectivity index (χ2v) is 3.60. The van der Waals surface area contributed by atoms with Gasteiger partial charge in [-0.25, -0.2) is 0 Å². The summed E-state index contributed by atoms with van der Waals surface area (Å²) in [7, 11) is 1.55. The van der Waals surface area contributed by atoms with Gasteiger partial charge in [-0.2, -0.15) is 0 Å². The number of amides is 1. The van der Waals surface area contributed by atoms with Crippen LogP contribution < -0.4 is 5.32 Å². The highest BCUT2D eigenvalue weighted by molar-refractivity contribution is 5.89. The van der Waals surface area contributed by atoms with Gasteiger partial charge < -0.3 is 15.2 Å². The van der Waals surface area contributed by atoms with Crippen LogP contribution in [0.1, 0.15) is 19.3 Å². The quantitative estimate of drug-likeness (QED) is 0.593. The van der Waals surface area contributed by atoms with Gasteiger partial charge in [-0.1, -0.05) is 0 Å². The first-order valence-corrected chi connectivity index (χ1v) is 4.60. The molecule has 5 heteroatoms. The molecule has 0 aromatic rings. The van der Waals surface area contributed by atoms with Gasteiger partial charge in [0, 0.05) is 13.7 Å². The Morgan fingerprint density at radius 1 is 1.50 bits per heavy atom. The summed E-state index contributed by atoms with van der Waals surface area (Å²) >= 11 is 0. The van der Waals surface area contributed by atoms with E-state index in [1.807, 2.05) is 0 Å². The van der Waals surface area contributed by atoms with Crippen LogP contribution in [0, 0.1) is 5.41 Å². The Balaban J connectivity index is 2.32. The summed E-state index contributed by atoms with van der Waals surface area (Å²) in [6, 6.07) is 0. The summed E-state index contributed by atoms with van der Waals surface area (Å²) in [6.07, 6.45) is 1.29. The highest BCUT2D eigenvalue weighted by atomic mass is 16.5. The maximum absolute atomic E-state index is 11.5. The van der Waals surface area contributed by atoms with E-state index in [9.17, 15) is 9.59 Å². The maximum atomic E-state index is 11.5. The van der Waals surface area contributed by atoms with E-state index in [2.05, 4.69) is 5.32 Å². The molecule has 0 aromatic heterocycles. The fraction of sp³-hybridized carbons (Fsp3) is 0.778. The van der Waals surface area contributed by atoms with Crippen LogP contribution >= 0.6 is 0 Å². The van der Waals surface area contributed by atoms with Gasteiger partial charge >= 0.3 is 5.97 Å². The lowest BCUT2D eigenvalue weighted by Crippen LogP contribution is -2.35. The van der Waals surface area contributed by atoms with Crippen molar-refractivity contribution >= 4 is 11.9 Å². The van der Waals surface area contributed by atoms with E-state index < -0.39 is 11.4 Å². The van der Waals surface area contributed by atoms with Crippen molar-refractivity contribution in [2.75, 3.05) is 20.3 Å². The predicted molar refractivity (Wildman–Crippen MR) is 48.8 cm³/mol. The summed E-state index contributed by atoms with van der Waals surface area (Å²) in [6.45, 7) is 0.894. The maximum Gasteiger partial charge on any atom is 0.304 e. The van der Waals surface area contributed by atoms with Crippen LogP contribution in [0.4, 0.5) is 0 Å². The van der Waals surface area contributed by atoms with Crippen LogP contribution in [0.25, 0.3) is 0 Å². The van der Waals surface area contributed by atoms with Gasteiger partial charge in [-0.3, -0.25) is 9.59 Å². The fourth-order valence-corrected chi connectivity index (χ4v) is 1.38. The number of aliphatic carboxylic acids is 1. The van der Waals surface area contributed by atoms with Gasteiger partial charge in [0.05, 0.1) is 18.4 Å². The molecule has 14 heavy (non-hydrogen) atoms. The lowest BCUT2D eigenvalue weighted by Gasteiger charge is -2.12. The number of hydrogen-bond donors (Lipinski definition) is 2. The Morgan fingerprint density at radius 2 is 2.14 bits per heavy atom. The van der Waals surface area contributed by atoms with Crippen LogP contribution in [0.2, 0.25) is 0 Å². The number of carbonyl (C=O) groups excluding carboxylic acids is 1. The molecular weight excluding hydrogens is 186 g/mol. The average Bonchev–Trinajstić information content (AvgIpc) is 2.85. The zero-order valence-corrected chi connectivity index (χ0v) is 8.21. The number of carboxylic acid groups (broad SMARTS) is 1. The molecule has 0 atom stereocenters. The molecule has 0 radical (unpaired) electrons. The molecule has 80 valence electrons. The van der Waals surface area contributed by atoms with Crippen molar-refractivity contribution in [3.8, 4) is 0 Å². The van der Waals surface area contributed by atoms with Crippen LogP contribution in [-0.4, -0.2) is 37.2 Å². The first-order chi connectivity index (χ1) is 6.60. The molecule has 1 aliphatic carbocycles. The summed E-state index contributed by atoms with van der Waals surface area (Å²) < 4.78 is 4.78. The van der Waals surface area contributed by atoms with Gasteiger partial charge in [-0.05, 0) is 12.8 Å². The smallest absolute Gasteiger partial charge is 0.304 e. The molecule has 1 amide bonds. The molecule has 0 spiro atoms. The molecule has 1 rings (SSSR count). The Bertz CT molecular complexity index is 235. The van der Waals surface area contributed by atoms with E-state index in [1.54, 1.807) is 7.11 Å². The van der Waals surface area contributed by atoms with Gasteiger partial charge in [0.1, 0.15) is 0 Å². The summed E-state index contributed by atoms with van der Waals surface area (Å²) in [4.78, 5) is 22.0. The SMILES string of the molecule is COCCNC(=O)C1(CC(=O)O)CC1. The van der Waals surface area contributed by atoms with Crippen molar-refractivity contribution in [2.24, 2.45) is 5.41 Å². The second-order valence-electron chi connectivity index (χ2n) is 3.60. The Hall–Kier alpha value is -1.10. The molecule has 0 unspecified atom stereocenters. The number of nitrogens with one attached hydrogen (secondary N) is 1. The molecule has 1 saturated carbocycles. The number of carbonyl (C=O) groups is 2. The van der Waals surface area contributed by atoms with E-state index in [0.29, 0.717) is 26.0 Å². The van der Waals surface area contributed by atoms with Crippen molar-refractivity contribution < 1.29 is 19.4 Å². The third-order valence-electron chi connectivity index (χ3n) is 2.42. The fourth-order valence-electron chi connectivity index (χ4n) is 1.38. The van der Waals surface area contributed by atoms with E-state index in [4.69, 9.17) is 9.84 Å². The number of carboxylic acids is 1. The molecule has 5 nitrogen and oxygen atoms in total. The molecule has 1 fully saturated rings. The monoisotopic (exact) mass is 201 g/mol. The van der Waals surface area contributed by atoms with Crippen molar-refractivity contribution in [3.63, 3.8) is 0 Å². The van der Waals surface area contributed by atoms with Crippen molar-refractivity contribution in [1.82, 2.24) is 5.32 Å². The molecular formula is C9H15NO4. The normalized spacial score (nSPS) is 17.5. The van der Waals surface area contributed by atoms with E-state index in [0.717, 1.165) is 0 Å². The van der Waals surface area contributed by atoms with Gasteiger partial charge in [-0.15, -0.1) is 0 Å². The summed E-state index contributed by atoms with van der Waals surface area (Å²) in [5, 5.41) is 11.3. The largest absolute Gasteiger partial charge is 0.481 e. The van der Waals surface area contributed by atoms with Crippen LogP contribution in [0.5, 0.6) is 0 Å². The van der Waals surface area contributed by atoms with Crippen molar-refractivity contribution in [3.05, 3.63) is 0 Å². The minimum absolute atomic E-state index is 0.0637. The Kier molecular flexibility index (Phi) is 3.46. The topological polar surface area (TPSA) is 75.6 Å². The first-order valence-electron chi connectivity index (χ1n) is 4.60.